The molecule has 1 saturated carbocycles. The third kappa shape index (κ3) is 2.66. The fourth-order valence-corrected chi connectivity index (χ4v) is 2.02. The highest BCUT2D eigenvalue weighted by Gasteiger charge is 2.41. The highest BCUT2D eigenvalue weighted by Crippen LogP contribution is 2.48. The number of aromatic nitrogens is 2. The molecule has 0 amide bonds. The lowest BCUT2D eigenvalue weighted by Gasteiger charge is -2.16. The summed E-state index contributed by atoms with van der Waals surface area (Å²) in [5.74, 6) is 1.43. The van der Waals surface area contributed by atoms with E-state index < -0.39 is 0 Å². The van der Waals surface area contributed by atoms with Crippen molar-refractivity contribution < 1.29 is 9.84 Å². The molecule has 1 aliphatic rings. The first-order chi connectivity index (χ1) is 8.21. The summed E-state index contributed by atoms with van der Waals surface area (Å²) in [4.78, 5) is 8.25. The fourth-order valence-electron chi connectivity index (χ4n) is 2.02. The maximum absolute atomic E-state index is 9.00. The van der Waals surface area contributed by atoms with Crippen LogP contribution in [0.15, 0.2) is 6.33 Å². The van der Waals surface area contributed by atoms with Crippen LogP contribution in [0.3, 0.4) is 0 Å². The van der Waals surface area contributed by atoms with Crippen molar-refractivity contribution in [3.05, 3.63) is 11.9 Å². The van der Waals surface area contributed by atoms with Crippen LogP contribution in [-0.2, 0) is 0 Å². The minimum absolute atomic E-state index is 0.258. The first-order valence-corrected chi connectivity index (χ1v) is 5.91. The Labute approximate surface area is 101 Å². The highest BCUT2D eigenvalue weighted by atomic mass is 16.5. The van der Waals surface area contributed by atoms with E-state index in [2.05, 4.69) is 15.3 Å². The Bertz CT molecular complexity index is 391. The Kier molecular flexibility index (Phi) is 3.47. The maximum Gasteiger partial charge on any atom is 0.221 e. The number of rotatable bonds is 6. The van der Waals surface area contributed by atoms with Crippen molar-refractivity contribution in [2.75, 3.05) is 25.6 Å². The average molecular weight is 237 g/mol. The van der Waals surface area contributed by atoms with Crippen LogP contribution in [0.25, 0.3) is 0 Å². The van der Waals surface area contributed by atoms with E-state index in [-0.39, 0.29) is 12.0 Å². The minimum Gasteiger partial charge on any atom is -0.481 e. The molecule has 0 unspecified atom stereocenters. The molecule has 1 aliphatic carbocycles. The topological polar surface area (TPSA) is 67.3 Å². The van der Waals surface area contributed by atoms with E-state index in [0.29, 0.717) is 5.88 Å². The molecule has 0 aliphatic heterocycles. The Morgan fingerprint density at radius 3 is 2.82 bits per heavy atom. The molecule has 2 N–H and O–H groups in total. The fraction of sp³-hybridized carbons (Fsp3) is 0.667. The standard InChI is InChI=1S/C12H19N3O2/c1-9-10(14-8-15-11(9)17-2)13-7-12(3-4-12)5-6-16/h8,16H,3-7H2,1-2H3,(H,13,14,15). The largest absolute Gasteiger partial charge is 0.481 e. The summed E-state index contributed by atoms with van der Waals surface area (Å²) in [5, 5.41) is 12.3. The van der Waals surface area contributed by atoms with Gasteiger partial charge in [0.05, 0.1) is 12.7 Å². The van der Waals surface area contributed by atoms with Gasteiger partial charge < -0.3 is 15.2 Å². The number of aliphatic hydroxyl groups is 1. The number of methoxy groups -OCH3 is 1. The summed E-state index contributed by atoms with van der Waals surface area (Å²) in [7, 11) is 1.60. The summed E-state index contributed by atoms with van der Waals surface area (Å²) in [6, 6.07) is 0. The van der Waals surface area contributed by atoms with Gasteiger partial charge in [-0.05, 0) is 31.6 Å². The summed E-state index contributed by atoms with van der Waals surface area (Å²) in [6.45, 7) is 3.05. The van der Waals surface area contributed by atoms with Crippen LogP contribution >= 0.6 is 0 Å². The van der Waals surface area contributed by atoms with Crippen LogP contribution in [0.2, 0.25) is 0 Å². The van der Waals surface area contributed by atoms with E-state index in [1.807, 2.05) is 6.92 Å². The Morgan fingerprint density at radius 2 is 2.24 bits per heavy atom. The van der Waals surface area contributed by atoms with E-state index in [9.17, 15) is 0 Å². The number of aliphatic hydroxyl groups excluding tert-OH is 1. The summed E-state index contributed by atoms with van der Waals surface area (Å²) in [6.07, 6.45) is 4.73. The molecule has 0 bridgehead atoms. The zero-order chi connectivity index (χ0) is 12.3. The molecule has 0 aromatic carbocycles. The van der Waals surface area contributed by atoms with Gasteiger partial charge in [0.15, 0.2) is 0 Å². The smallest absolute Gasteiger partial charge is 0.221 e. The SMILES string of the molecule is COc1ncnc(NCC2(CCO)CC2)c1C. The van der Waals surface area contributed by atoms with Crippen molar-refractivity contribution >= 4 is 5.82 Å². The second-order valence-electron chi connectivity index (χ2n) is 4.68. The van der Waals surface area contributed by atoms with Crippen molar-refractivity contribution in [2.24, 2.45) is 5.41 Å². The third-order valence-corrected chi connectivity index (χ3v) is 3.46. The lowest BCUT2D eigenvalue weighted by atomic mass is 10.0. The van der Waals surface area contributed by atoms with Gasteiger partial charge in [0, 0.05) is 13.2 Å². The van der Waals surface area contributed by atoms with E-state index in [4.69, 9.17) is 9.84 Å². The molecule has 1 aromatic heterocycles. The highest BCUT2D eigenvalue weighted by molar-refractivity contribution is 5.47. The normalized spacial score (nSPS) is 16.6. The molecule has 0 atom stereocenters. The molecule has 1 heterocycles. The molecule has 5 heteroatoms. The van der Waals surface area contributed by atoms with Gasteiger partial charge in [0.1, 0.15) is 12.1 Å². The molecule has 5 nitrogen and oxygen atoms in total. The van der Waals surface area contributed by atoms with Gasteiger partial charge in [-0.1, -0.05) is 0 Å². The van der Waals surface area contributed by atoms with Gasteiger partial charge in [-0.2, -0.15) is 0 Å². The average Bonchev–Trinajstić information content (AvgIpc) is 3.09. The number of hydrogen-bond acceptors (Lipinski definition) is 5. The molecule has 0 saturated heterocycles. The van der Waals surface area contributed by atoms with Crippen LogP contribution in [0.4, 0.5) is 5.82 Å². The second-order valence-corrected chi connectivity index (χ2v) is 4.68. The maximum atomic E-state index is 9.00. The van der Waals surface area contributed by atoms with Crippen molar-refractivity contribution in [1.29, 1.82) is 0 Å². The molecular formula is C12H19N3O2. The van der Waals surface area contributed by atoms with Gasteiger partial charge in [0.25, 0.3) is 0 Å². The number of ether oxygens (including phenoxy) is 1. The van der Waals surface area contributed by atoms with Crippen LogP contribution in [0, 0.1) is 12.3 Å². The van der Waals surface area contributed by atoms with Gasteiger partial charge in [0.2, 0.25) is 5.88 Å². The number of nitrogens with one attached hydrogen (secondary N) is 1. The lowest BCUT2D eigenvalue weighted by molar-refractivity contribution is 0.253. The first-order valence-electron chi connectivity index (χ1n) is 5.91. The molecule has 94 valence electrons. The van der Waals surface area contributed by atoms with E-state index in [1.165, 1.54) is 19.2 Å². The summed E-state index contributed by atoms with van der Waals surface area (Å²) < 4.78 is 5.15. The predicted octanol–water partition coefficient (Wildman–Crippen LogP) is 1.37. The number of hydrogen-bond donors (Lipinski definition) is 2. The van der Waals surface area contributed by atoms with Crippen LogP contribution in [0.1, 0.15) is 24.8 Å². The minimum atomic E-state index is 0.258. The number of nitrogens with zero attached hydrogens (tertiary/aromatic N) is 2. The zero-order valence-electron chi connectivity index (χ0n) is 10.4. The molecule has 0 radical (unpaired) electrons. The Hall–Kier alpha value is -1.36. The predicted molar refractivity (Wildman–Crippen MR) is 65.2 cm³/mol. The van der Waals surface area contributed by atoms with Gasteiger partial charge >= 0.3 is 0 Å². The zero-order valence-corrected chi connectivity index (χ0v) is 10.4. The monoisotopic (exact) mass is 237 g/mol. The van der Waals surface area contributed by atoms with Crippen LogP contribution < -0.4 is 10.1 Å². The molecule has 2 rings (SSSR count). The van der Waals surface area contributed by atoms with Gasteiger partial charge in [-0.15, -0.1) is 0 Å². The van der Waals surface area contributed by atoms with Crippen LogP contribution in [0.5, 0.6) is 5.88 Å². The summed E-state index contributed by atoms with van der Waals surface area (Å²) >= 11 is 0. The van der Waals surface area contributed by atoms with Gasteiger partial charge in [-0.3, -0.25) is 0 Å². The lowest BCUT2D eigenvalue weighted by Crippen LogP contribution is -2.18. The van der Waals surface area contributed by atoms with E-state index in [0.717, 1.165) is 24.3 Å². The quantitative estimate of drug-likeness (QED) is 0.782. The van der Waals surface area contributed by atoms with E-state index >= 15 is 0 Å². The molecular weight excluding hydrogens is 218 g/mol. The molecule has 0 spiro atoms. The third-order valence-electron chi connectivity index (χ3n) is 3.46. The Morgan fingerprint density at radius 1 is 1.47 bits per heavy atom. The van der Waals surface area contributed by atoms with Crippen molar-refractivity contribution in [3.8, 4) is 5.88 Å². The first kappa shape index (κ1) is 12.1. The van der Waals surface area contributed by atoms with Gasteiger partial charge in [-0.25, -0.2) is 9.97 Å². The molecule has 17 heavy (non-hydrogen) atoms. The van der Waals surface area contributed by atoms with E-state index in [1.54, 1.807) is 7.11 Å². The number of anilines is 1. The van der Waals surface area contributed by atoms with Crippen molar-refractivity contribution in [1.82, 2.24) is 9.97 Å². The molecule has 1 fully saturated rings. The molecule has 1 aromatic rings. The Balaban J connectivity index is 1.99. The summed E-state index contributed by atoms with van der Waals surface area (Å²) in [5.41, 5.74) is 1.20. The second kappa shape index (κ2) is 4.87. The van der Waals surface area contributed by atoms with Crippen LogP contribution in [-0.4, -0.2) is 35.3 Å². The van der Waals surface area contributed by atoms with Crippen molar-refractivity contribution in [3.63, 3.8) is 0 Å². The van der Waals surface area contributed by atoms with Crippen molar-refractivity contribution in [2.45, 2.75) is 26.2 Å².